The van der Waals surface area contributed by atoms with Gasteiger partial charge in [0.15, 0.2) is 0 Å². The third-order valence-electron chi connectivity index (χ3n) is 7.85. The number of hydrogen-bond acceptors (Lipinski definition) is 6. The van der Waals surface area contributed by atoms with Crippen molar-refractivity contribution >= 4 is 11.8 Å². The van der Waals surface area contributed by atoms with Gasteiger partial charge in [-0.3, -0.25) is 4.79 Å². The molecule has 2 aliphatic rings. The molecular weight excluding hydrogens is 466 g/mol. The van der Waals surface area contributed by atoms with E-state index in [1.54, 1.807) is 14.0 Å². The summed E-state index contributed by atoms with van der Waals surface area (Å²) in [6.45, 7) is 7.20. The van der Waals surface area contributed by atoms with Gasteiger partial charge in [-0.2, -0.15) is 0 Å². The molecule has 3 aromatic rings. The molecule has 2 aromatic carbocycles. The van der Waals surface area contributed by atoms with Crippen LogP contribution in [0.5, 0.6) is 5.75 Å². The minimum absolute atomic E-state index is 0.301. The second kappa shape index (κ2) is 10.5. The number of aliphatic carboxylic acids is 1. The fraction of sp³-hybridized carbons (Fsp3) is 0.400. The van der Waals surface area contributed by atoms with Gasteiger partial charge in [-0.25, -0.2) is 4.98 Å². The van der Waals surface area contributed by atoms with Crippen LogP contribution >= 0.6 is 0 Å². The van der Waals surface area contributed by atoms with Gasteiger partial charge in [0, 0.05) is 25.8 Å². The molecule has 2 N–H and O–H groups in total. The van der Waals surface area contributed by atoms with Crippen LogP contribution in [-0.4, -0.2) is 48.9 Å². The molecule has 0 amide bonds. The number of carboxylic acid groups (broad SMARTS) is 1. The number of methoxy groups -OCH3 is 1. The van der Waals surface area contributed by atoms with E-state index in [1.807, 2.05) is 30.3 Å². The van der Waals surface area contributed by atoms with Crippen LogP contribution in [0, 0.1) is 12.3 Å². The van der Waals surface area contributed by atoms with Crippen molar-refractivity contribution in [2.24, 2.45) is 5.41 Å². The van der Waals surface area contributed by atoms with Gasteiger partial charge in [0.05, 0.1) is 23.8 Å². The Morgan fingerprint density at radius 1 is 1.19 bits per heavy atom. The number of nitrogens with one attached hydrogen (secondary N) is 1. The monoisotopic (exact) mass is 501 g/mol. The van der Waals surface area contributed by atoms with Gasteiger partial charge in [-0.05, 0) is 73.7 Å². The first kappa shape index (κ1) is 25.2. The summed E-state index contributed by atoms with van der Waals surface area (Å²) in [4.78, 5) is 19.2. The zero-order valence-corrected chi connectivity index (χ0v) is 21.8. The lowest BCUT2D eigenvalue weighted by Crippen LogP contribution is -2.46. The summed E-state index contributed by atoms with van der Waals surface area (Å²) in [5, 5.41) is 13.3. The Kier molecular flexibility index (Phi) is 7.17. The molecular formula is C30H35N3O4. The first-order chi connectivity index (χ1) is 17.9. The third kappa shape index (κ3) is 4.93. The highest BCUT2D eigenvalue weighted by atomic mass is 16.5. The van der Waals surface area contributed by atoms with E-state index in [4.69, 9.17) is 14.5 Å². The molecule has 7 nitrogen and oxygen atoms in total. The normalized spacial score (nSPS) is 21.1. The van der Waals surface area contributed by atoms with Gasteiger partial charge in [0.25, 0.3) is 0 Å². The van der Waals surface area contributed by atoms with Crippen LogP contribution in [0.25, 0.3) is 11.3 Å². The van der Waals surface area contributed by atoms with E-state index < -0.39 is 11.4 Å². The molecule has 0 saturated carbocycles. The number of anilines is 1. The van der Waals surface area contributed by atoms with Crippen molar-refractivity contribution in [1.29, 1.82) is 0 Å². The van der Waals surface area contributed by atoms with Crippen LogP contribution in [-0.2, 0) is 29.1 Å². The van der Waals surface area contributed by atoms with Gasteiger partial charge in [0.2, 0.25) is 0 Å². The van der Waals surface area contributed by atoms with E-state index in [2.05, 4.69) is 41.4 Å². The number of benzene rings is 2. The summed E-state index contributed by atoms with van der Waals surface area (Å²) >= 11 is 0. The fourth-order valence-corrected chi connectivity index (χ4v) is 5.53. The number of aromatic nitrogens is 1. The Morgan fingerprint density at radius 3 is 2.84 bits per heavy atom. The minimum Gasteiger partial charge on any atom is -0.488 e. The molecule has 1 aromatic heterocycles. The van der Waals surface area contributed by atoms with E-state index in [9.17, 15) is 9.90 Å². The molecule has 0 radical (unpaired) electrons. The number of aryl methyl sites for hydroxylation is 1. The average molecular weight is 502 g/mol. The maximum Gasteiger partial charge on any atom is 0.311 e. The van der Waals surface area contributed by atoms with E-state index in [0.29, 0.717) is 26.2 Å². The quantitative estimate of drug-likeness (QED) is 0.467. The molecule has 3 heterocycles. The molecule has 194 valence electrons. The maximum absolute atomic E-state index is 12.1. The van der Waals surface area contributed by atoms with Gasteiger partial charge in [-0.15, -0.1) is 0 Å². The minimum atomic E-state index is -0.893. The topological polar surface area (TPSA) is 83.9 Å². The smallest absolute Gasteiger partial charge is 0.311 e. The van der Waals surface area contributed by atoms with E-state index in [-0.39, 0.29) is 6.04 Å². The molecule has 2 aliphatic heterocycles. The van der Waals surface area contributed by atoms with Crippen LogP contribution in [0.2, 0.25) is 0 Å². The Hall–Kier alpha value is -3.42. The third-order valence-corrected chi connectivity index (χ3v) is 7.85. The summed E-state index contributed by atoms with van der Waals surface area (Å²) < 4.78 is 11.8. The Balaban J connectivity index is 1.42. The highest BCUT2D eigenvalue weighted by Gasteiger charge is 2.50. The molecule has 37 heavy (non-hydrogen) atoms. The molecule has 7 heteroatoms. The van der Waals surface area contributed by atoms with Crippen molar-refractivity contribution in [2.45, 2.75) is 45.9 Å². The molecule has 0 spiro atoms. The van der Waals surface area contributed by atoms with Crippen molar-refractivity contribution in [1.82, 2.24) is 10.3 Å². The molecule has 1 fully saturated rings. The Bertz CT molecular complexity index is 1290. The number of carboxylic acids is 1. The average Bonchev–Trinajstić information content (AvgIpc) is 3.25. The van der Waals surface area contributed by atoms with Crippen molar-refractivity contribution in [3.63, 3.8) is 0 Å². The molecule has 0 aliphatic carbocycles. The van der Waals surface area contributed by atoms with Gasteiger partial charge in [-0.1, -0.05) is 36.4 Å². The lowest BCUT2D eigenvalue weighted by atomic mass is 9.83. The number of fused-ring (bicyclic) bond motifs is 1. The number of hydrogen-bond donors (Lipinski definition) is 2. The second-order valence-electron chi connectivity index (χ2n) is 10.3. The second-order valence-corrected chi connectivity index (χ2v) is 10.3. The van der Waals surface area contributed by atoms with Gasteiger partial charge in [0.1, 0.15) is 18.2 Å². The van der Waals surface area contributed by atoms with Crippen LogP contribution < -0.4 is 15.0 Å². The van der Waals surface area contributed by atoms with Crippen LogP contribution in [0.4, 0.5) is 5.82 Å². The van der Waals surface area contributed by atoms with Crippen molar-refractivity contribution in [3.8, 4) is 17.0 Å². The number of pyridine rings is 1. The number of ether oxygens (including phenoxy) is 2. The number of rotatable bonds is 8. The van der Waals surface area contributed by atoms with E-state index in [1.165, 1.54) is 11.1 Å². The van der Waals surface area contributed by atoms with Crippen molar-refractivity contribution in [2.75, 3.05) is 31.7 Å². The van der Waals surface area contributed by atoms with Gasteiger partial charge < -0.3 is 24.8 Å². The van der Waals surface area contributed by atoms with Crippen LogP contribution in [0.1, 0.15) is 35.6 Å². The number of nitrogens with zero attached hydrogens (tertiary/aromatic N) is 2. The summed E-state index contributed by atoms with van der Waals surface area (Å²) in [5.74, 6) is 0.762. The summed E-state index contributed by atoms with van der Waals surface area (Å²) in [7, 11) is 1.61. The lowest BCUT2D eigenvalue weighted by Gasteiger charge is -2.32. The van der Waals surface area contributed by atoms with Crippen LogP contribution in [0.15, 0.2) is 54.6 Å². The first-order valence-corrected chi connectivity index (χ1v) is 12.9. The number of para-hydroxylation sites is 1. The molecule has 0 bridgehead atoms. The summed E-state index contributed by atoms with van der Waals surface area (Å²) in [6, 6.07) is 18.3. The van der Waals surface area contributed by atoms with Crippen molar-refractivity contribution in [3.05, 3.63) is 76.9 Å². The summed E-state index contributed by atoms with van der Waals surface area (Å²) in [5.41, 5.74) is 5.79. The highest BCUT2D eigenvalue weighted by molar-refractivity contribution is 5.77. The van der Waals surface area contributed by atoms with E-state index in [0.717, 1.165) is 53.5 Å². The largest absolute Gasteiger partial charge is 0.488 e. The molecule has 2 atom stereocenters. The van der Waals surface area contributed by atoms with E-state index >= 15 is 0 Å². The number of carbonyl (C=O) groups is 1. The Labute approximate surface area is 218 Å². The standard InChI is InChI=1S/C30H35N3O4/c1-20-6-4-7-24(28(20)37-18-21-10-11-23-17-31-14-12-22(23)16-21)25-8-5-9-27(32-25)33-15-13-30(2,29(34)35)26(33)19-36-3/h4-11,16,26,31H,12-15,17-19H2,1-3H3,(H,34,35)/t26-,30-/m1/s1. The highest BCUT2D eigenvalue weighted by Crippen LogP contribution is 2.40. The van der Waals surface area contributed by atoms with Crippen LogP contribution in [0.3, 0.4) is 0 Å². The zero-order valence-electron chi connectivity index (χ0n) is 21.8. The Morgan fingerprint density at radius 2 is 2.03 bits per heavy atom. The molecule has 0 unspecified atom stereocenters. The molecule has 5 rings (SSSR count). The zero-order chi connectivity index (χ0) is 26.0. The SMILES string of the molecule is COC[C@H]1N(c2cccc(-c3cccc(C)c3OCc3ccc4c(c3)CCNC4)n2)CC[C@@]1(C)C(=O)O. The fourth-order valence-electron chi connectivity index (χ4n) is 5.53. The van der Waals surface area contributed by atoms with Gasteiger partial charge >= 0.3 is 5.97 Å². The molecule has 1 saturated heterocycles. The predicted octanol–water partition coefficient (Wildman–Crippen LogP) is 4.60. The lowest BCUT2D eigenvalue weighted by molar-refractivity contribution is -0.148. The van der Waals surface area contributed by atoms with Crippen molar-refractivity contribution < 1.29 is 19.4 Å². The first-order valence-electron chi connectivity index (χ1n) is 12.9. The predicted molar refractivity (Wildman–Crippen MR) is 144 cm³/mol. The summed E-state index contributed by atoms with van der Waals surface area (Å²) in [6.07, 6.45) is 1.58. The maximum atomic E-state index is 12.1.